The van der Waals surface area contributed by atoms with Gasteiger partial charge in [-0.05, 0) is 50.6 Å². The number of rotatable bonds is 9. The molecule has 0 aliphatic carbocycles. The minimum atomic E-state index is -0.591. The molecule has 33 heavy (non-hydrogen) atoms. The maximum atomic E-state index is 13.9. The molecule has 1 aromatic heterocycles. The molecule has 3 aromatic rings. The number of ether oxygens (including phenoxy) is 1. The molecule has 8 nitrogen and oxygen atoms in total. The number of anilines is 1. The van der Waals surface area contributed by atoms with Crippen molar-refractivity contribution < 1.29 is 18.7 Å². The molecule has 0 spiro atoms. The van der Waals surface area contributed by atoms with E-state index >= 15 is 0 Å². The molecule has 3 rings (SSSR count). The number of amides is 2. The van der Waals surface area contributed by atoms with Gasteiger partial charge in [0.1, 0.15) is 11.6 Å². The lowest BCUT2D eigenvalue weighted by atomic mass is 10.2. The van der Waals surface area contributed by atoms with Crippen molar-refractivity contribution in [1.29, 1.82) is 0 Å². The molecular formula is C23H26FN5O3S. The fraction of sp³-hybridized carbons (Fsp3) is 0.304. The number of hydrogen-bond acceptors (Lipinski definition) is 6. The van der Waals surface area contributed by atoms with Gasteiger partial charge in [0.2, 0.25) is 5.91 Å². The summed E-state index contributed by atoms with van der Waals surface area (Å²) in [6.07, 6.45) is 0. The van der Waals surface area contributed by atoms with Crippen molar-refractivity contribution in [2.24, 2.45) is 0 Å². The summed E-state index contributed by atoms with van der Waals surface area (Å²) in [5, 5.41) is 14.5. The molecule has 2 N–H and O–H groups in total. The predicted molar refractivity (Wildman–Crippen MR) is 125 cm³/mol. The number of thioether (sulfide) groups is 1. The lowest BCUT2D eigenvalue weighted by Gasteiger charge is -2.15. The highest BCUT2D eigenvalue weighted by Gasteiger charge is 2.21. The number of methoxy groups -OCH3 is 1. The first-order valence-corrected chi connectivity index (χ1v) is 11.4. The third kappa shape index (κ3) is 5.89. The van der Waals surface area contributed by atoms with Gasteiger partial charge in [-0.25, -0.2) is 4.39 Å². The van der Waals surface area contributed by atoms with E-state index < -0.39 is 17.8 Å². The van der Waals surface area contributed by atoms with E-state index in [2.05, 4.69) is 20.8 Å². The number of carbonyl (C=O) groups is 2. The van der Waals surface area contributed by atoms with Crippen LogP contribution in [0, 0.1) is 12.7 Å². The van der Waals surface area contributed by atoms with Gasteiger partial charge in [0, 0.05) is 6.54 Å². The Bertz CT molecular complexity index is 1150. The third-order valence-electron chi connectivity index (χ3n) is 4.88. The number of benzene rings is 2. The maximum Gasteiger partial charge on any atom is 0.254 e. The molecule has 0 saturated heterocycles. The van der Waals surface area contributed by atoms with Crippen LogP contribution in [-0.4, -0.2) is 39.4 Å². The third-order valence-corrected chi connectivity index (χ3v) is 5.84. The van der Waals surface area contributed by atoms with Gasteiger partial charge in [-0.3, -0.25) is 9.59 Å². The van der Waals surface area contributed by atoms with Crippen LogP contribution >= 0.6 is 11.8 Å². The Morgan fingerprint density at radius 3 is 2.67 bits per heavy atom. The van der Waals surface area contributed by atoms with Crippen LogP contribution in [0.4, 0.5) is 10.1 Å². The second kappa shape index (κ2) is 11.0. The van der Waals surface area contributed by atoms with E-state index in [-0.39, 0.29) is 17.2 Å². The van der Waals surface area contributed by atoms with Gasteiger partial charge in [0.25, 0.3) is 5.91 Å². The normalized spacial score (nSPS) is 11.7. The van der Waals surface area contributed by atoms with Crippen molar-refractivity contribution in [2.45, 2.75) is 38.5 Å². The molecule has 1 atom stereocenters. The van der Waals surface area contributed by atoms with Gasteiger partial charge < -0.3 is 19.9 Å². The summed E-state index contributed by atoms with van der Waals surface area (Å²) < 4.78 is 21.0. The number of hydrogen-bond donors (Lipinski definition) is 2. The molecule has 0 radical (unpaired) electrons. The van der Waals surface area contributed by atoms with E-state index in [4.69, 9.17) is 4.74 Å². The molecule has 1 heterocycles. The van der Waals surface area contributed by atoms with Crippen LogP contribution < -0.4 is 15.4 Å². The Balaban J connectivity index is 1.65. The summed E-state index contributed by atoms with van der Waals surface area (Å²) in [7, 11) is 1.55. The number of nitrogens with zero attached hydrogens (tertiary/aromatic N) is 3. The largest absolute Gasteiger partial charge is 0.495 e. The van der Waals surface area contributed by atoms with Crippen molar-refractivity contribution >= 4 is 29.3 Å². The first kappa shape index (κ1) is 24.2. The van der Waals surface area contributed by atoms with Crippen molar-refractivity contribution in [3.8, 4) is 5.75 Å². The molecule has 0 bridgehead atoms. The quantitative estimate of drug-likeness (QED) is 0.458. The van der Waals surface area contributed by atoms with Gasteiger partial charge in [0.05, 0.1) is 30.2 Å². The van der Waals surface area contributed by atoms with Gasteiger partial charge in [-0.2, -0.15) is 0 Å². The zero-order valence-electron chi connectivity index (χ0n) is 18.9. The topological polar surface area (TPSA) is 98.1 Å². The zero-order valence-corrected chi connectivity index (χ0v) is 19.7. The average Bonchev–Trinajstić information content (AvgIpc) is 3.21. The van der Waals surface area contributed by atoms with Crippen LogP contribution in [-0.2, 0) is 11.3 Å². The second-order valence-electron chi connectivity index (χ2n) is 7.30. The van der Waals surface area contributed by atoms with Crippen LogP contribution in [0.15, 0.2) is 47.6 Å². The molecule has 0 fully saturated rings. The summed E-state index contributed by atoms with van der Waals surface area (Å²) >= 11 is 1.24. The number of carbonyl (C=O) groups excluding carboxylic acids is 2. The van der Waals surface area contributed by atoms with E-state index in [0.29, 0.717) is 29.0 Å². The molecule has 0 saturated carbocycles. The van der Waals surface area contributed by atoms with E-state index in [1.54, 1.807) is 26.2 Å². The molecule has 0 aliphatic rings. The van der Waals surface area contributed by atoms with Crippen LogP contribution in [0.2, 0.25) is 0 Å². The Kier molecular flexibility index (Phi) is 8.05. The Labute approximate surface area is 195 Å². The fourth-order valence-corrected chi connectivity index (χ4v) is 4.05. The van der Waals surface area contributed by atoms with Gasteiger partial charge in [0.15, 0.2) is 11.0 Å². The summed E-state index contributed by atoms with van der Waals surface area (Å²) in [6, 6.07) is 10.8. The minimum absolute atomic E-state index is 0.0373. The zero-order chi connectivity index (χ0) is 24.0. The van der Waals surface area contributed by atoms with Gasteiger partial charge in [-0.1, -0.05) is 30.0 Å². The highest BCUT2D eigenvalue weighted by atomic mass is 32.2. The van der Waals surface area contributed by atoms with Crippen molar-refractivity contribution in [2.75, 3.05) is 18.2 Å². The summed E-state index contributed by atoms with van der Waals surface area (Å²) in [5.74, 6) is -0.121. The van der Waals surface area contributed by atoms with E-state index in [9.17, 15) is 14.0 Å². The van der Waals surface area contributed by atoms with Crippen LogP contribution in [0.5, 0.6) is 5.75 Å². The highest BCUT2D eigenvalue weighted by molar-refractivity contribution is 7.99. The van der Waals surface area contributed by atoms with Gasteiger partial charge >= 0.3 is 0 Å². The van der Waals surface area contributed by atoms with E-state index in [0.717, 1.165) is 5.56 Å². The molecule has 10 heteroatoms. The average molecular weight is 472 g/mol. The van der Waals surface area contributed by atoms with Crippen molar-refractivity contribution in [3.05, 3.63) is 65.2 Å². The molecule has 0 aliphatic heterocycles. The Hall–Kier alpha value is -3.40. The molecule has 1 unspecified atom stereocenters. The first-order chi connectivity index (χ1) is 15.8. The van der Waals surface area contributed by atoms with E-state index in [1.165, 1.54) is 30.0 Å². The van der Waals surface area contributed by atoms with Gasteiger partial charge in [-0.15, -0.1) is 10.2 Å². The Morgan fingerprint density at radius 1 is 1.21 bits per heavy atom. The number of halogens is 1. The smallest absolute Gasteiger partial charge is 0.254 e. The fourth-order valence-electron chi connectivity index (χ4n) is 3.24. The molecule has 174 valence electrons. The van der Waals surface area contributed by atoms with Crippen molar-refractivity contribution in [1.82, 2.24) is 20.1 Å². The van der Waals surface area contributed by atoms with Crippen LogP contribution in [0.3, 0.4) is 0 Å². The summed E-state index contributed by atoms with van der Waals surface area (Å²) in [5.41, 5.74) is 1.57. The monoisotopic (exact) mass is 471 g/mol. The lowest BCUT2D eigenvalue weighted by Crippen LogP contribution is -2.29. The SMILES string of the molecule is CCn1c(SCC(=O)Nc2cc(C)ccc2OC)nnc1C(C)NC(=O)c1ccccc1F. The number of aryl methyl sites for hydroxylation is 1. The summed E-state index contributed by atoms with van der Waals surface area (Å²) in [6.45, 7) is 6.14. The number of nitrogens with one attached hydrogen (secondary N) is 2. The maximum absolute atomic E-state index is 13.9. The highest BCUT2D eigenvalue weighted by Crippen LogP contribution is 2.26. The first-order valence-electron chi connectivity index (χ1n) is 10.4. The Morgan fingerprint density at radius 2 is 1.97 bits per heavy atom. The predicted octanol–water partition coefficient (Wildman–Crippen LogP) is 3.98. The molecule has 2 aromatic carbocycles. The number of aromatic nitrogens is 3. The lowest BCUT2D eigenvalue weighted by molar-refractivity contribution is -0.113. The summed E-state index contributed by atoms with van der Waals surface area (Å²) in [4.78, 5) is 24.9. The minimum Gasteiger partial charge on any atom is -0.495 e. The molecular weight excluding hydrogens is 445 g/mol. The van der Waals surface area contributed by atoms with Crippen LogP contribution in [0.25, 0.3) is 0 Å². The molecule has 2 amide bonds. The van der Waals surface area contributed by atoms with Crippen LogP contribution in [0.1, 0.15) is 41.6 Å². The van der Waals surface area contributed by atoms with Crippen molar-refractivity contribution in [3.63, 3.8) is 0 Å². The van der Waals surface area contributed by atoms with E-state index in [1.807, 2.05) is 30.5 Å². The second-order valence-corrected chi connectivity index (χ2v) is 8.24. The standard InChI is InChI=1S/C23H26FN5O3S/c1-5-29-21(15(3)25-22(31)16-8-6-7-9-17(16)24)27-28-23(29)33-13-20(30)26-18-12-14(2)10-11-19(18)32-4/h6-12,15H,5,13H2,1-4H3,(H,25,31)(H,26,30).